The fourth-order valence-electron chi connectivity index (χ4n) is 3.58. The van der Waals surface area contributed by atoms with Crippen molar-refractivity contribution >= 4 is 23.4 Å². The summed E-state index contributed by atoms with van der Waals surface area (Å²) in [5, 5.41) is 10.6. The molecule has 1 aromatic carbocycles. The average molecular weight is 360 g/mol. The Labute approximate surface area is 152 Å². The number of carboxylic acid groups (broad SMARTS) is 1. The van der Waals surface area contributed by atoms with Crippen molar-refractivity contribution in [3.63, 3.8) is 0 Å². The van der Waals surface area contributed by atoms with Gasteiger partial charge in [0.05, 0.1) is 5.41 Å². The first-order valence-electron chi connectivity index (χ1n) is 8.43. The van der Waals surface area contributed by atoms with Gasteiger partial charge >= 0.3 is 5.97 Å². The summed E-state index contributed by atoms with van der Waals surface area (Å²) in [6.45, 7) is 5.06. The number of anilines is 1. The number of aliphatic carboxylic acids is 1. The Kier molecular flexibility index (Phi) is 4.95. The van der Waals surface area contributed by atoms with Crippen molar-refractivity contribution < 1.29 is 9.90 Å². The molecular formula is C19H22ClN3O2. The lowest BCUT2D eigenvalue weighted by atomic mass is 9.75. The highest BCUT2D eigenvalue weighted by atomic mass is 35.5. The number of aryl methyl sites for hydroxylation is 2. The van der Waals surface area contributed by atoms with Gasteiger partial charge in [-0.05, 0) is 50.8 Å². The molecule has 1 saturated heterocycles. The molecule has 25 heavy (non-hydrogen) atoms. The summed E-state index contributed by atoms with van der Waals surface area (Å²) in [6, 6.07) is 7.46. The fraction of sp³-hybridized carbons (Fsp3) is 0.421. The van der Waals surface area contributed by atoms with Crippen LogP contribution >= 0.6 is 11.6 Å². The fourth-order valence-corrected chi connectivity index (χ4v) is 3.80. The van der Waals surface area contributed by atoms with Crippen LogP contribution in [0.5, 0.6) is 0 Å². The summed E-state index contributed by atoms with van der Waals surface area (Å²) in [6.07, 6.45) is 3.72. The zero-order valence-corrected chi connectivity index (χ0v) is 15.3. The Balaban J connectivity index is 1.91. The van der Waals surface area contributed by atoms with E-state index in [0.717, 1.165) is 29.9 Å². The van der Waals surface area contributed by atoms with Crippen LogP contribution in [0.4, 0.5) is 5.82 Å². The molecule has 2 heterocycles. The minimum absolute atomic E-state index is 0.437. The predicted octanol–water partition coefficient (Wildman–Crippen LogP) is 3.66. The van der Waals surface area contributed by atoms with Crippen molar-refractivity contribution in [2.75, 3.05) is 18.0 Å². The number of hydrogen-bond donors (Lipinski definition) is 1. The molecule has 0 unspecified atom stereocenters. The average Bonchev–Trinajstić information content (AvgIpc) is 2.57. The lowest BCUT2D eigenvalue weighted by Gasteiger charge is -2.41. The van der Waals surface area contributed by atoms with E-state index in [0.29, 0.717) is 30.2 Å². The Morgan fingerprint density at radius 2 is 2.20 bits per heavy atom. The van der Waals surface area contributed by atoms with Crippen molar-refractivity contribution in [3.05, 3.63) is 52.4 Å². The number of nitrogens with zero attached hydrogens (tertiary/aromatic N) is 3. The Hall–Kier alpha value is -2.14. The molecule has 0 radical (unpaired) electrons. The summed E-state index contributed by atoms with van der Waals surface area (Å²) in [5.41, 5.74) is 1.08. The van der Waals surface area contributed by atoms with E-state index in [1.807, 2.05) is 32.0 Å². The molecule has 0 bridgehead atoms. The summed E-state index contributed by atoms with van der Waals surface area (Å²) in [4.78, 5) is 23.0. The summed E-state index contributed by atoms with van der Waals surface area (Å²) in [7, 11) is 0. The molecule has 1 aromatic heterocycles. The lowest BCUT2D eigenvalue weighted by molar-refractivity contribution is -0.149. The third kappa shape index (κ3) is 3.76. The molecule has 1 aliphatic rings. The van der Waals surface area contributed by atoms with Gasteiger partial charge in [0.15, 0.2) is 0 Å². The highest BCUT2D eigenvalue weighted by Crippen LogP contribution is 2.36. The zero-order valence-electron chi connectivity index (χ0n) is 14.5. The van der Waals surface area contributed by atoms with Gasteiger partial charge in [-0.2, -0.15) is 0 Å². The van der Waals surface area contributed by atoms with Crippen LogP contribution in [0.3, 0.4) is 0 Å². The number of halogens is 1. The highest BCUT2D eigenvalue weighted by Gasteiger charge is 2.43. The Bertz CT molecular complexity index is 796. The van der Waals surface area contributed by atoms with Crippen molar-refractivity contribution in [3.8, 4) is 0 Å². The van der Waals surface area contributed by atoms with Gasteiger partial charge in [0.2, 0.25) is 0 Å². The van der Waals surface area contributed by atoms with E-state index in [1.54, 1.807) is 12.3 Å². The first-order chi connectivity index (χ1) is 11.9. The van der Waals surface area contributed by atoms with E-state index in [-0.39, 0.29) is 0 Å². The largest absolute Gasteiger partial charge is 0.481 e. The van der Waals surface area contributed by atoms with Gasteiger partial charge < -0.3 is 10.0 Å². The van der Waals surface area contributed by atoms with E-state index in [2.05, 4.69) is 14.9 Å². The molecule has 1 fully saturated rings. The SMILES string of the molecule is Cc1ncc(C)c(N2CCC[C@@](Cc3cccc(Cl)c3)(C(=O)O)C2)n1. The second-order valence-electron chi connectivity index (χ2n) is 6.84. The molecule has 1 atom stereocenters. The monoisotopic (exact) mass is 359 g/mol. The summed E-state index contributed by atoms with van der Waals surface area (Å²) < 4.78 is 0. The molecule has 0 aliphatic carbocycles. The third-order valence-corrected chi connectivity index (χ3v) is 5.06. The molecule has 0 spiro atoms. The van der Waals surface area contributed by atoms with Crippen molar-refractivity contribution in [1.82, 2.24) is 9.97 Å². The minimum Gasteiger partial charge on any atom is -0.481 e. The second-order valence-corrected chi connectivity index (χ2v) is 7.28. The third-order valence-electron chi connectivity index (χ3n) is 4.83. The van der Waals surface area contributed by atoms with E-state index in [9.17, 15) is 9.90 Å². The Morgan fingerprint density at radius 1 is 1.40 bits per heavy atom. The maximum Gasteiger partial charge on any atom is 0.311 e. The standard InChI is InChI=1S/C19H22ClN3O2/c1-13-11-21-14(2)22-17(13)23-8-4-7-19(12-23,18(24)25)10-15-5-3-6-16(20)9-15/h3,5-6,9,11H,4,7-8,10,12H2,1-2H3,(H,24,25)/t19-/m0/s1. The van der Waals surface area contributed by atoms with Gasteiger partial charge in [0, 0.05) is 29.9 Å². The van der Waals surface area contributed by atoms with Crippen LogP contribution in [-0.2, 0) is 11.2 Å². The van der Waals surface area contributed by atoms with Crippen LogP contribution in [0, 0.1) is 19.3 Å². The van der Waals surface area contributed by atoms with Crippen LogP contribution in [0.2, 0.25) is 5.02 Å². The highest BCUT2D eigenvalue weighted by molar-refractivity contribution is 6.30. The van der Waals surface area contributed by atoms with Gasteiger partial charge in [-0.3, -0.25) is 4.79 Å². The smallest absolute Gasteiger partial charge is 0.311 e. The van der Waals surface area contributed by atoms with E-state index >= 15 is 0 Å². The number of hydrogen-bond acceptors (Lipinski definition) is 4. The van der Waals surface area contributed by atoms with Gasteiger partial charge in [-0.15, -0.1) is 0 Å². The number of carbonyl (C=O) groups is 1. The lowest BCUT2D eigenvalue weighted by Crippen LogP contribution is -2.49. The quantitative estimate of drug-likeness (QED) is 0.902. The first-order valence-corrected chi connectivity index (χ1v) is 8.80. The first kappa shape index (κ1) is 17.7. The molecule has 0 saturated carbocycles. The van der Waals surface area contributed by atoms with E-state index in [1.165, 1.54) is 0 Å². The molecule has 6 heteroatoms. The van der Waals surface area contributed by atoms with Crippen LogP contribution < -0.4 is 4.90 Å². The van der Waals surface area contributed by atoms with Gasteiger partial charge in [0.1, 0.15) is 11.6 Å². The number of piperidine rings is 1. The molecule has 2 aromatic rings. The molecule has 3 rings (SSSR count). The number of rotatable bonds is 4. The molecular weight excluding hydrogens is 338 g/mol. The van der Waals surface area contributed by atoms with Crippen LogP contribution in [0.15, 0.2) is 30.5 Å². The van der Waals surface area contributed by atoms with Gasteiger partial charge in [0.25, 0.3) is 0 Å². The van der Waals surface area contributed by atoms with Crippen molar-refractivity contribution in [2.24, 2.45) is 5.41 Å². The predicted molar refractivity (Wildman–Crippen MR) is 98.2 cm³/mol. The topological polar surface area (TPSA) is 66.3 Å². The molecule has 0 amide bonds. The molecule has 132 valence electrons. The zero-order chi connectivity index (χ0) is 18.0. The van der Waals surface area contributed by atoms with Crippen molar-refractivity contribution in [2.45, 2.75) is 33.1 Å². The van der Waals surface area contributed by atoms with E-state index in [4.69, 9.17) is 11.6 Å². The van der Waals surface area contributed by atoms with E-state index < -0.39 is 11.4 Å². The second kappa shape index (κ2) is 7.00. The van der Waals surface area contributed by atoms with Crippen LogP contribution in [0.25, 0.3) is 0 Å². The van der Waals surface area contributed by atoms with Crippen LogP contribution in [0.1, 0.15) is 29.8 Å². The van der Waals surface area contributed by atoms with Crippen LogP contribution in [-0.4, -0.2) is 34.1 Å². The number of benzene rings is 1. The van der Waals surface area contributed by atoms with Crippen molar-refractivity contribution in [1.29, 1.82) is 0 Å². The molecule has 1 N–H and O–H groups in total. The number of aromatic nitrogens is 2. The summed E-state index contributed by atoms with van der Waals surface area (Å²) >= 11 is 6.08. The van der Waals surface area contributed by atoms with Gasteiger partial charge in [-0.25, -0.2) is 9.97 Å². The maximum atomic E-state index is 12.2. The molecule has 1 aliphatic heterocycles. The maximum absolute atomic E-state index is 12.2. The summed E-state index contributed by atoms with van der Waals surface area (Å²) in [5.74, 6) is 0.770. The molecule has 5 nitrogen and oxygen atoms in total. The minimum atomic E-state index is -0.839. The van der Waals surface area contributed by atoms with Gasteiger partial charge in [-0.1, -0.05) is 23.7 Å². The normalized spacial score (nSPS) is 20.5. The Morgan fingerprint density at radius 3 is 2.92 bits per heavy atom. The number of carboxylic acids is 1.